The topological polar surface area (TPSA) is 48.3 Å². The molecule has 1 aliphatic heterocycles. The van der Waals surface area contributed by atoms with Gasteiger partial charge in [0.2, 0.25) is 0 Å². The maximum absolute atomic E-state index is 6.01. The van der Waals surface area contributed by atoms with Crippen molar-refractivity contribution >= 4 is 5.82 Å². The Morgan fingerprint density at radius 3 is 2.88 bits per heavy atom. The fourth-order valence-corrected chi connectivity index (χ4v) is 3.57. The molecule has 5 nitrogen and oxygen atoms in total. The fraction of sp³-hybridized carbons (Fsp3) is 0.526. The third kappa shape index (κ3) is 2.72. The Kier molecular flexibility index (Phi) is 3.87. The third-order valence-corrected chi connectivity index (χ3v) is 5.16. The van der Waals surface area contributed by atoms with E-state index in [1.54, 1.807) is 7.11 Å². The first-order chi connectivity index (χ1) is 11.6. The van der Waals surface area contributed by atoms with Crippen LogP contribution in [0, 0.1) is 0 Å². The summed E-state index contributed by atoms with van der Waals surface area (Å²) < 4.78 is 13.4. The van der Waals surface area contributed by atoms with Crippen LogP contribution >= 0.6 is 0 Å². The number of nitrogens with zero attached hydrogens (tertiary/aromatic N) is 2. The number of hydrogen-bond acceptors (Lipinski definition) is 4. The lowest BCUT2D eigenvalue weighted by molar-refractivity contribution is 0.252. The van der Waals surface area contributed by atoms with Gasteiger partial charge in [-0.2, -0.15) is 5.10 Å². The lowest BCUT2D eigenvalue weighted by atomic mass is 9.83. The largest absolute Gasteiger partial charge is 0.497 e. The fourth-order valence-electron chi connectivity index (χ4n) is 3.57. The molecule has 1 aromatic carbocycles. The first kappa shape index (κ1) is 15.4. The van der Waals surface area contributed by atoms with Crippen LogP contribution < -0.4 is 14.8 Å². The summed E-state index contributed by atoms with van der Waals surface area (Å²) in [6, 6.07) is 6.34. The number of anilines is 1. The summed E-state index contributed by atoms with van der Waals surface area (Å²) in [6.45, 7) is 2.81. The molecular formula is C19H25N3O2. The highest BCUT2D eigenvalue weighted by atomic mass is 16.5. The molecule has 24 heavy (non-hydrogen) atoms. The number of nitrogens with one attached hydrogen (secondary N) is 1. The molecule has 5 heteroatoms. The highest BCUT2D eigenvalue weighted by Crippen LogP contribution is 2.38. The molecule has 4 rings (SSSR count). The third-order valence-electron chi connectivity index (χ3n) is 5.16. The van der Waals surface area contributed by atoms with Gasteiger partial charge in [-0.3, -0.25) is 4.68 Å². The van der Waals surface area contributed by atoms with Gasteiger partial charge in [0.15, 0.2) is 0 Å². The number of hydrogen-bond donors (Lipinski definition) is 1. The maximum atomic E-state index is 6.01. The summed E-state index contributed by atoms with van der Waals surface area (Å²) in [5.74, 6) is 3.61. The number of fused-ring (bicyclic) bond motifs is 1. The number of rotatable bonds is 5. The molecule has 2 aromatic rings. The zero-order valence-electron chi connectivity index (χ0n) is 14.6. The molecule has 0 radical (unpaired) electrons. The molecule has 2 heterocycles. The van der Waals surface area contributed by atoms with Crippen molar-refractivity contribution in [2.24, 2.45) is 7.05 Å². The van der Waals surface area contributed by atoms with E-state index in [4.69, 9.17) is 9.47 Å². The minimum Gasteiger partial charge on any atom is -0.497 e. The molecule has 1 atom stereocenters. The Hall–Kier alpha value is -2.17. The minimum atomic E-state index is 0.229. The normalized spacial score (nSPS) is 19.5. The van der Waals surface area contributed by atoms with Crippen LogP contribution in [0.3, 0.4) is 0 Å². The Morgan fingerprint density at radius 2 is 2.17 bits per heavy atom. The second kappa shape index (κ2) is 6.04. The summed E-state index contributed by atoms with van der Waals surface area (Å²) in [5.41, 5.74) is 3.59. The van der Waals surface area contributed by atoms with Crippen LogP contribution in [0.15, 0.2) is 18.2 Å². The van der Waals surface area contributed by atoms with Crippen LogP contribution in [0.1, 0.15) is 48.9 Å². The second-order valence-electron chi connectivity index (χ2n) is 6.97. The number of aromatic nitrogens is 2. The van der Waals surface area contributed by atoms with Gasteiger partial charge in [-0.1, -0.05) is 6.42 Å². The van der Waals surface area contributed by atoms with Crippen molar-refractivity contribution in [1.82, 2.24) is 9.78 Å². The van der Waals surface area contributed by atoms with Crippen molar-refractivity contribution < 1.29 is 9.47 Å². The van der Waals surface area contributed by atoms with Crippen molar-refractivity contribution in [2.45, 2.75) is 51.2 Å². The average molecular weight is 327 g/mol. The molecule has 0 bridgehead atoms. The molecule has 0 amide bonds. The van der Waals surface area contributed by atoms with Crippen LogP contribution in [0.5, 0.6) is 11.5 Å². The average Bonchev–Trinajstić information content (AvgIpc) is 3.05. The smallest absolute Gasteiger partial charge is 0.128 e. The van der Waals surface area contributed by atoms with E-state index in [9.17, 15) is 0 Å². The van der Waals surface area contributed by atoms with Gasteiger partial charge in [0.25, 0.3) is 0 Å². The standard InChI is InChI=1S/C19H25N3O2/c1-12-7-14-8-16(23-3)9-15(19(14)24-12)11-20-18-10-17(21-22(18)2)13-5-4-6-13/h8-10,12-13,20H,4-7,11H2,1-3H3/t12-/m0/s1. The molecule has 1 saturated carbocycles. The number of methoxy groups -OCH3 is 1. The van der Waals surface area contributed by atoms with E-state index >= 15 is 0 Å². The molecule has 1 aromatic heterocycles. The number of aryl methyl sites for hydroxylation is 1. The molecule has 1 aliphatic carbocycles. The van der Waals surface area contributed by atoms with Crippen molar-refractivity contribution in [1.29, 1.82) is 0 Å². The summed E-state index contributed by atoms with van der Waals surface area (Å²) in [6.07, 6.45) is 5.04. The molecule has 0 saturated heterocycles. The molecular weight excluding hydrogens is 302 g/mol. The Morgan fingerprint density at radius 1 is 1.33 bits per heavy atom. The van der Waals surface area contributed by atoms with Gasteiger partial charge >= 0.3 is 0 Å². The predicted octanol–water partition coefficient (Wildman–Crippen LogP) is 3.63. The quantitative estimate of drug-likeness (QED) is 0.911. The van der Waals surface area contributed by atoms with Crippen LogP contribution in [0.25, 0.3) is 0 Å². The Balaban J connectivity index is 1.54. The molecule has 0 unspecified atom stereocenters. The van der Waals surface area contributed by atoms with Gasteiger partial charge < -0.3 is 14.8 Å². The van der Waals surface area contributed by atoms with Crippen LogP contribution in [0.4, 0.5) is 5.82 Å². The van der Waals surface area contributed by atoms with Crippen molar-refractivity contribution in [2.75, 3.05) is 12.4 Å². The van der Waals surface area contributed by atoms with Gasteiger partial charge in [0, 0.05) is 43.1 Å². The van der Waals surface area contributed by atoms with Gasteiger partial charge in [-0.05, 0) is 31.9 Å². The van der Waals surface area contributed by atoms with Gasteiger partial charge in [-0.25, -0.2) is 0 Å². The van der Waals surface area contributed by atoms with E-state index in [0.717, 1.165) is 29.3 Å². The summed E-state index contributed by atoms with van der Waals surface area (Å²) >= 11 is 0. The van der Waals surface area contributed by atoms with Crippen LogP contribution in [0.2, 0.25) is 0 Å². The molecule has 0 spiro atoms. The highest BCUT2D eigenvalue weighted by molar-refractivity contribution is 5.51. The molecule has 2 aliphatic rings. The predicted molar refractivity (Wildman–Crippen MR) is 93.9 cm³/mol. The number of ether oxygens (including phenoxy) is 2. The highest BCUT2D eigenvalue weighted by Gasteiger charge is 2.25. The zero-order chi connectivity index (χ0) is 16.7. The first-order valence-corrected chi connectivity index (χ1v) is 8.78. The van der Waals surface area contributed by atoms with Crippen LogP contribution in [-0.2, 0) is 20.0 Å². The van der Waals surface area contributed by atoms with E-state index in [1.165, 1.54) is 30.5 Å². The van der Waals surface area contributed by atoms with Crippen LogP contribution in [-0.4, -0.2) is 23.0 Å². The van der Waals surface area contributed by atoms with E-state index in [-0.39, 0.29) is 6.10 Å². The van der Waals surface area contributed by atoms with Crippen molar-refractivity contribution in [3.8, 4) is 11.5 Å². The van der Waals surface area contributed by atoms with E-state index in [0.29, 0.717) is 12.5 Å². The SMILES string of the molecule is COc1cc(CNc2cc(C3CCC3)nn2C)c2c(c1)C[C@H](C)O2. The second-order valence-corrected chi connectivity index (χ2v) is 6.97. The van der Waals surface area contributed by atoms with E-state index < -0.39 is 0 Å². The number of benzene rings is 1. The lowest BCUT2D eigenvalue weighted by Gasteiger charge is -2.22. The van der Waals surface area contributed by atoms with Crippen molar-refractivity contribution in [3.05, 3.63) is 35.0 Å². The summed E-state index contributed by atoms with van der Waals surface area (Å²) in [5, 5.41) is 8.17. The summed E-state index contributed by atoms with van der Waals surface area (Å²) in [7, 11) is 3.71. The molecule has 1 fully saturated rings. The molecule has 128 valence electrons. The molecule has 1 N–H and O–H groups in total. The minimum absolute atomic E-state index is 0.229. The van der Waals surface area contributed by atoms with Gasteiger partial charge in [0.1, 0.15) is 23.4 Å². The maximum Gasteiger partial charge on any atom is 0.128 e. The van der Waals surface area contributed by atoms with Crippen molar-refractivity contribution in [3.63, 3.8) is 0 Å². The summed E-state index contributed by atoms with van der Waals surface area (Å²) in [4.78, 5) is 0. The van der Waals surface area contributed by atoms with E-state index in [1.807, 2.05) is 11.7 Å². The van der Waals surface area contributed by atoms with Gasteiger partial charge in [0.05, 0.1) is 12.8 Å². The monoisotopic (exact) mass is 327 g/mol. The lowest BCUT2D eigenvalue weighted by Crippen LogP contribution is -2.09. The van der Waals surface area contributed by atoms with Gasteiger partial charge in [-0.15, -0.1) is 0 Å². The Bertz CT molecular complexity index is 749. The zero-order valence-corrected chi connectivity index (χ0v) is 14.6. The van der Waals surface area contributed by atoms with E-state index in [2.05, 4.69) is 35.5 Å². The Labute approximate surface area is 143 Å². The first-order valence-electron chi connectivity index (χ1n) is 8.78.